The third kappa shape index (κ3) is 8.18. The van der Waals surface area contributed by atoms with Crippen LogP contribution in [0.1, 0.15) is 44.7 Å². The Labute approximate surface area is 210 Å². The first kappa shape index (κ1) is 26.8. The minimum Gasteiger partial charge on any atom is -0.352 e. The summed E-state index contributed by atoms with van der Waals surface area (Å²) in [4.78, 5) is 27.9. The maximum Gasteiger partial charge on any atom is 0.243 e. The molecular formula is C24H29Cl3N2O2S. The Morgan fingerprint density at radius 2 is 1.66 bits per heavy atom. The van der Waals surface area contributed by atoms with Crippen LogP contribution in [0.4, 0.5) is 0 Å². The normalized spacial score (nSPS) is 12.8. The van der Waals surface area contributed by atoms with Gasteiger partial charge in [0.05, 0.1) is 5.75 Å². The van der Waals surface area contributed by atoms with Crippen LogP contribution < -0.4 is 5.32 Å². The second-order valence-electron chi connectivity index (χ2n) is 7.62. The molecule has 0 bridgehead atoms. The number of nitrogens with one attached hydrogen (secondary N) is 1. The third-order valence-electron chi connectivity index (χ3n) is 5.15. The molecule has 0 heterocycles. The Morgan fingerprint density at radius 3 is 2.25 bits per heavy atom. The molecule has 174 valence electrons. The lowest BCUT2D eigenvalue weighted by molar-refractivity contribution is -0.139. The number of hydrogen-bond acceptors (Lipinski definition) is 3. The average Bonchev–Trinajstić information content (AvgIpc) is 2.76. The van der Waals surface area contributed by atoms with Gasteiger partial charge in [-0.05, 0) is 55.2 Å². The van der Waals surface area contributed by atoms with Gasteiger partial charge in [-0.3, -0.25) is 9.59 Å². The van der Waals surface area contributed by atoms with E-state index >= 15 is 0 Å². The maximum atomic E-state index is 13.3. The van der Waals surface area contributed by atoms with Crippen LogP contribution >= 0.6 is 46.6 Å². The SMILES string of the molecule is CCC(C)NC(=O)C(CC)N(Cc1ccc(Cl)cc1Cl)C(=O)CSCc1ccc(Cl)cc1. The summed E-state index contributed by atoms with van der Waals surface area (Å²) in [5, 5.41) is 4.68. The summed E-state index contributed by atoms with van der Waals surface area (Å²) in [6, 6.07) is 12.2. The molecule has 2 rings (SSSR count). The number of rotatable bonds is 11. The molecule has 0 fully saturated rings. The number of thioether (sulfide) groups is 1. The molecule has 0 aromatic heterocycles. The number of nitrogens with zero attached hydrogens (tertiary/aromatic N) is 1. The van der Waals surface area contributed by atoms with Crippen LogP contribution in [0, 0.1) is 0 Å². The van der Waals surface area contributed by atoms with Crippen LogP contribution in [0.2, 0.25) is 15.1 Å². The van der Waals surface area contributed by atoms with E-state index in [9.17, 15) is 9.59 Å². The van der Waals surface area contributed by atoms with Crippen LogP contribution in [0.3, 0.4) is 0 Å². The van der Waals surface area contributed by atoms with E-state index in [1.54, 1.807) is 23.1 Å². The molecule has 2 aromatic rings. The molecule has 0 aliphatic rings. The van der Waals surface area contributed by atoms with E-state index in [1.165, 1.54) is 11.8 Å². The summed E-state index contributed by atoms with van der Waals surface area (Å²) in [7, 11) is 0. The van der Waals surface area contributed by atoms with Crippen LogP contribution in [0.5, 0.6) is 0 Å². The van der Waals surface area contributed by atoms with Crippen LogP contribution in [0.15, 0.2) is 42.5 Å². The van der Waals surface area contributed by atoms with Crippen LogP contribution in [-0.2, 0) is 21.9 Å². The van der Waals surface area contributed by atoms with Crippen molar-refractivity contribution in [3.63, 3.8) is 0 Å². The van der Waals surface area contributed by atoms with Gasteiger partial charge in [-0.1, -0.05) is 66.8 Å². The molecule has 0 aliphatic carbocycles. The van der Waals surface area contributed by atoms with Gasteiger partial charge in [0.1, 0.15) is 6.04 Å². The zero-order valence-electron chi connectivity index (χ0n) is 18.5. The fraction of sp³-hybridized carbons (Fsp3) is 0.417. The number of hydrogen-bond donors (Lipinski definition) is 1. The molecule has 8 heteroatoms. The Balaban J connectivity index is 2.17. The number of carbonyl (C=O) groups excluding carboxylic acids is 2. The predicted octanol–water partition coefficient (Wildman–Crippen LogP) is 6.60. The first-order chi connectivity index (χ1) is 15.2. The topological polar surface area (TPSA) is 49.4 Å². The standard InChI is InChI=1S/C24H29Cl3N2O2S/c1-4-16(3)28-24(31)22(5-2)29(13-18-8-11-20(26)12-21(18)27)23(30)15-32-14-17-6-9-19(25)10-7-17/h6-12,16,22H,4-5,13-15H2,1-3H3,(H,28,31). The molecular weight excluding hydrogens is 487 g/mol. The van der Waals surface area contributed by atoms with Crippen molar-refractivity contribution in [2.24, 2.45) is 0 Å². The second-order valence-corrected chi connectivity index (χ2v) is 9.88. The van der Waals surface area contributed by atoms with E-state index in [2.05, 4.69) is 5.32 Å². The molecule has 2 aromatic carbocycles. The van der Waals surface area contributed by atoms with Gasteiger partial charge >= 0.3 is 0 Å². The van der Waals surface area contributed by atoms with Gasteiger partial charge < -0.3 is 10.2 Å². The van der Waals surface area contributed by atoms with Gasteiger partial charge in [0.2, 0.25) is 11.8 Å². The van der Waals surface area contributed by atoms with Crippen LogP contribution in [0.25, 0.3) is 0 Å². The predicted molar refractivity (Wildman–Crippen MR) is 137 cm³/mol. The summed E-state index contributed by atoms with van der Waals surface area (Å²) >= 11 is 19.8. The molecule has 2 amide bonds. The van der Waals surface area contributed by atoms with E-state index in [0.29, 0.717) is 27.2 Å². The maximum absolute atomic E-state index is 13.3. The van der Waals surface area contributed by atoms with E-state index in [1.807, 2.05) is 45.0 Å². The van der Waals surface area contributed by atoms with E-state index in [-0.39, 0.29) is 30.2 Å². The minimum atomic E-state index is -0.584. The first-order valence-corrected chi connectivity index (χ1v) is 12.9. The lowest BCUT2D eigenvalue weighted by Crippen LogP contribution is -2.51. The number of benzene rings is 2. The molecule has 0 saturated carbocycles. The highest BCUT2D eigenvalue weighted by atomic mass is 35.5. The molecule has 0 spiro atoms. The fourth-order valence-corrected chi connectivity index (χ4v) is 4.58. The number of halogens is 3. The summed E-state index contributed by atoms with van der Waals surface area (Å²) < 4.78 is 0. The summed E-state index contributed by atoms with van der Waals surface area (Å²) in [6.45, 7) is 6.11. The third-order valence-corrected chi connectivity index (χ3v) is 6.98. The van der Waals surface area contributed by atoms with Crippen molar-refractivity contribution in [2.75, 3.05) is 5.75 Å². The van der Waals surface area contributed by atoms with Gasteiger partial charge in [0.15, 0.2) is 0 Å². The van der Waals surface area contributed by atoms with E-state index in [0.717, 1.165) is 17.5 Å². The summed E-state index contributed by atoms with van der Waals surface area (Å²) in [6.07, 6.45) is 1.32. The summed E-state index contributed by atoms with van der Waals surface area (Å²) in [5.74, 6) is 0.666. The van der Waals surface area contributed by atoms with Crippen molar-refractivity contribution in [1.82, 2.24) is 10.2 Å². The largest absolute Gasteiger partial charge is 0.352 e. The molecule has 0 saturated heterocycles. The van der Waals surface area contributed by atoms with Gasteiger partial charge in [0, 0.05) is 33.4 Å². The first-order valence-electron chi connectivity index (χ1n) is 10.6. The number of carbonyl (C=O) groups is 2. The Kier molecular flexibility index (Phi) is 11.2. The van der Waals surface area contributed by atoms with Crippen molar-refractivity contribution < 1.29 is 9.59 Å². The van der Waals surface area contributed by atoms with Crippen LogP contribution in [-0.4, -0.2) is 34.6 Å². The van der Waals surface area contributed by atoms with Crippen molar-refractivity contribution >= 4 is 58.4 Å². The highest BCUT2D eigenvalue weighted by Gasteiger charge is 2.29. The number of amides is 2. The van der Waals surface area contributed by atoms with Gasteiger partial charge in [-0.2, -0.15) is 0 Å². The second kappa shape index (κ2) is 13.3. The molecule has 0 aliphatic heterocycles. The fourth-order valence-electron chi connectivity index (χ4n) is 3.11. The molecule has 1 N–H and O–H groups in total. The molecule has 32 heavy (non-hydrogen) atoms. The molecule has 4 nitrogen and oxygen atoms in total. The molecule has 2 atom stereocenters. The molecule has 2 unspecified atom stereocenters. The van der Waals surface area contributed by atoms with Gasteiger partial charge in [-0.25, -0.2) is 0 Å². The Hall–Kier alpha value is -1.40. The lowest BCUT2D eigenvalue weighted by atomic mass is 10.1. The smallest absolute Gasteiger partial charge is 0.243 e. The highest BCUT2D eigenvalue weighted by Crippen LogP contribution is 2.25. The zero-order valence-corrected chi connectivity index (χ0v) is 21.6. The quantitative estimate of drug-likeness (QED) is 0.367. The highest BCUT2D eigenvalue weighted by molar-refractivity contribution is 7.99. The van der Waals surface area contributed by atoms with Gasteiger partial charge in [-0.15, -0.1) is 11.8 Å². The average molecular weight is 516 g/mol. The van der Waals surface area contributed by atoms with Crippen molar-refractivity contribution in [1.29, 1.82) is 0 Å². The van der Waals surface area contributed by atoms with Crippen molar-refractivity contribution in [3.05, 3.63) is 68.7 Å². The van der Waals surface area contributed by atoms with Gasteiger partial charge in [0.25, 0.3) is 0 Å². The zero-order chi connectivity index (χ0) is 23.7. The van der Waals surface area contributed by atoms with E-state index in [4.69, 9.17) is 34.8 Å². The lowest BCUT2D eigenvalue weighted by Gasteiger charge is -2.31. The van der Waals surface area contributed by atoms with E-state index < -0.39 is 6.04 Å². The minimum absolute atomic E-state index is 0.0342. The Morgan fingerprint density at radius 1 is 1.00 bits per heavy atom. The monoisotopic (exact) mass is 514 g/mol. The van der Waals surface area contributed by atoms with Crippen molar-refractivity contribution in [3.8, 4) is 0 Å². The van der Waals surface area contributed by atoms with Crippen molar-refractivity contribution in [2.45, 2.75) is 58.0 Å². The molecule has 0 radical (unpaired) electrons. The Bertz CT molecular complexity index is 909. The summed E-state index contributed by atoms with van der Waals surface area (Å²) in [5.41, 5.74) is 1.84.